The van der Waals surface area contributed by atoms with Crippen LogP contribution in [0.25, 0.3) is 5.70 Å². The van der Waals surface area contributed by atoms with E-state index in [1.807, 2.05) is 6.92 Å². The van der Waals surface area contributed by atoms with Gasteiger partial charge in [-0.1, -0.05) is 23.7 Å². The summed E-state index contributed by atoms with van der Waals surface area (Å²) in [5.74, 6) is -1.07. The van der Waals surface area contributed by atoms with Gasteiger partial charge < -0.3 is 10.8 Å². The molecule has 1 aromatic rings. The maximum Gasteiger partial charge on any atom is 0.330 e. The van der Waals surface area contributed by atoms with Crippen molar-refractivity contribution in [2.75, 3.05) is 0 Å². The van der Waals surface area contributed by atoms with Crippen molar-refractivity contribution < 1.29 is 9.90 Å². The van der Waals surface area contributed by atoms with Crippen LogP contribution >= 0.6 is 11.6 Å². The van der Waals surface area contributed by atoms with E-state index in [9.17, 15) is 4.79 Å². The van der Waals surface area contributed by atoms with Crippen LogP contribution in [0.15, 0.2) is 24.3 Å². The van der Waals surface area contributed by atoms with E-state index in [4.69, 9.17) is 22.4 Å². The molecule has 0 saturated carbocycles. The van der Waals surface area contributed by atoms with Crippen molar-refractivity contribution in [2.24, 2.45) is 5.73 Å². The molecule has 0 aliphatic heterocycles. The van der Waals surface area contributed by atoms with Gasteiger partial charge in [0.1, 0.15) is 0 Å². The number of hydrogen-bond donors (Lipinski definition) is 2. The number of rotatable bonds is 2. The third kappa shape index (κ3) is 3.04. The third-order valence-corrected chi connectivity index (χ3v) is 2.19. The van der Waals surface area contributed by atoms with Gasteiger partial charge in [-0.3, -0.25) is 0 Å². The maximum absolute atomic E-state index is 10.3. The molecule has 0 amide bonds. The summed E-state index contributed by atoms with van der Waals surface area (Å²) in [6.45, 7) is 1.86. The SMILES string of the molecule is Cc1ccc(/C(N)=C/C(=O)O)cc1Cl.[Es]. The Kier molecular flexibility index (Phi) is 3.90. The second-order valence-electron chi connectivity index (χ2n) is 2.90. The molecule has 0 saturated heterocycles. The smallest absolute Gasteiger partial charge is 0.330 e. The van der Waals surface area contributed by atoms with Gasteiger partial charge in [0, 0.05) is 16.8 Å². The molecule has 0 bridgehead atoms. The second kappa shape index (κ2) is 4.67. The molecule has 3 nitrogen and oxygen atoms in total. The van der Waals surface area contributed by atoms with Crippen LogP contribution in [0, 0.1) is 6.92 Å². The number of carboxylic acids is 1. The molecule has 0 unspecified atom stereocenters. The summed E-state index contributed by atoms with van der Waals surface area (Å²) in [6.07, 6.45) is 0.945. The van der Waals surface area contributed by atoms with Gasteiger partial charge in [0.2, 0.25) is 0 Å². The average molecular weight is 464 g/mol. The molecule has 0 aliphatic carbocycles. The van der Waals surface area contributed by atoms with Gasteiger partial charge in [0.05, 0.1) is 0 Å². The summed E-state index contributed by atoms with van der Waals surface area (Å²) in [5.41, 5.74) is 7.27. The Morgan fingerprint density at radius 2 is 2.13 bits per heavy atom. The van der Waals surface area contributed by atoms with Crippen LogP contribution in [0.3, 0.4) is 0 Å². The van der Waals surface area contributed by atoms with Crippen molar-refractivity contribution in [1.29, 1.82) is 0 Å². The van der Waals surface area contributed by atoms with E-state index < -0.39 is 5.97 Å². The number of aliphatic carboxylic acids is 1. The number of benzene rings is 1. The van der Waals surface area contributed by atoms with Crippen LogP contribution in [0.5, 0.6) is 0 Å². The van der Waals surface area contributed by atoms with Gasteiger partial charge in [-0.15, -0.1) is 0 Å². The Balaban J connectivity index is 0.00000196. The Hall–Kier alpha value is -2.48. The van der Waals surface area contributed by atoms with Crippen molar-refractivity contribution in [3.8, 4) is 0 Å². The molecule has 1 aromatic carbocycles. The maximum atomic E-state index is 10.3. The number of nitrogens with two attached hydrogens (primary N) is 1. The fourth-order valence-corrected chi connectivity index (χ4v) is 1.17. The Labute approximate surface area is 86.8 Å². The minimum atomic E-state index is -1.07. The van der Waals surface area contributed by atoms with Gasteiger partial charge in [0.25, 0.3) is 0 Å². The van der Waals surface area contributed by atoms with Gasteiger partial charge in [-0.05, 0) is 24.1 Å². The van der Waals surface area contributed by atoms with Crippen LogP contribution in [-0.2, 0) is 4.79 Å². The van der Waals surface area contributed by atoms with Crippen LogP contribution in [0.4, 0.5) is 0 Å². The molecule has 0 aliphatic rings. The topological polar surface area (TPSA) is 63.3 Å². The molecule has 5 heteroatoms. The Morgan fingerprint density at radius 1 is 1.53 bits per heavy atom. The molecular formula is C10H10ClEsNO2. The van der Waals surface area contributed by atoms with Gasteiger partial charge in [-0.25, -0.2) is 4.79 Å². The normalized spacial score (nSPS) is 10.7. The number of halogens is 1. The molecule has 0 heterocycles. The second-order valence-corrected chi connectivity index (χ2v) is 3.31. The van der Waals surface area contributed by atoms with E-state index >= 15 is 0 Å². The summed E-state index contributed by atoms with van der Waals surface area (Å²) < 4.78 is 0. The van der Waals surface area contributed by atoms with Gasteiger partial charge in [-0.2, -0.15) is 0 Å². The molecule has 15 heavy (non-hydrogen) atoms. The molecule has 0 atom stereocenters. The zero-order valence-electron chi connectivity index (χ0n) is 7.92. The summed E-state index contributed by atoms with van der Waals surface area (Å²) in [7, 11) is 0. The van der Waals surface area contributed by atoms with Crippen molar-refractivity contribution in [2.45, 2.75) is 6.92 Å². The molecule has 1 radical (unpaired) electrons. The summed E-state index contributed by atoms with van der Waals surface area (Å²) in [6, 6.07) is 5.17. The molecular weight excluding hydrogens is 454 g/mol. The predicted molar refractivity (Wildman–Crippen MR) is 56.0 cm³/mol. The van der Waals surface area contributed by atoms with Crippen molar-refractivity contribution in [3.05, 3.63) is 40.4 Å². The van der Waals surface area contributed by atoms with Gasteiger partial charge in [0.15, 0.2) is 0 Å². The first-order chi connectivity index (χ1) is 6.50. The van der Waals surface area contributed by atoms with Crippen LogP contribution in [-0.4, -0.2) is 11.1 Å². The van der Waals surface area contributed by atoms with E-state index in [0.717, 1.165) is 11.6 Å². The van der Waals surface area contributed by atoms with Crippen LogP contribution in [0.2, 0.25) is 5.02 Å². The fraction of sp³-hybridized carbons (Fsp3) is 0.100. The van der Waals surface area contributed by atoms with E-state index in [0.29, 0.717) is 10.6 Å². The van der Waals surface area contributed by atoms with Crippen molar-refractivity contribution >= 4 is 23.3 Å². The molecule has 85 valence electrons. The average Bonchev–Trinajstić information content (AvgIpc) is 2.08. The first kappa shape index (κ1) is 12.5. The first-order valence-corrected chi connectivity index (χ1v) is 4.35. The summed E-state index contributed by atoms with van der Waals surface area (Å²) in [4.78, 5) is 10.3. The van der Waals surface area contributed by atoms with Crippen LogP contribution in [0.1, 0.15) is 11.1 Å². The zero-order chi connectivity index (χ0) is 10.7. The summed E-state index contributed by atoms with van der Waals surface area (Å²) >= 11 is 5.86. The molecule has 0 aromatic heterocycles. The van der Waals surface area contributed by atoms with Crippen molar-refractivity contribution in [3.63, 3.8) is 0 Å². The first-order valence-electron chi connectivity index (χ1n) is 3.97. The Bertz CT molecular complexity index is 404. The predicted octanol–water partition coefficient (Wildman–Crippen LogP) is 2.03. The molecule has 3 N–H and O–H groups in total. The number of carboxylic acid groups (broad SMARTS) is 1. The minimum Gasteiger partial charge on any atom is -0.478 e. The quantitative estimate of drug-likeness (QED) is 0.660. The molecule has 0 spiro atoms. The van der Waals surface area contributed by atoms with E-state index in [2.05, 4.69) is 0 Å². The minimum absolute atomic E-state index is 0. The van der Waals surface area contributed by atoms with Gasteiger partial charge >= 0.3 is 5.97 Å². The van der Waals surface area contributed by atoms with E-state index in [1.165, 1.54) is 0 Å². The van der Waals surface area contributed by atoms with Crippen molar-refractivity contribution in [1.82, 2.24) is 0 Å². The molecule has 1 rings (SSSR count). The third-order valence-electron chi connectivity index (χ3n) is 1.78. The van der Waals surface area contributed by atoms with E-state index in [1.54, 1.807) is 18.2 Å². The monoisotopic (exact) mass is 463 g/mol. The zero-order valence-corrected chi connectivity index (χ0v) is 11.2. The summed E-state index contributed by atoms with van der Waals surface area (Å²) in [5, 5.41) is 9.05. The fourth-order valence-electron chi connectivity index (χ4n) is 0.989. The number of hydrogen-bond acceptors (Lipinski definition) is 2. The Morgan fingerprint density at radius 3 is 2.60 bits per heavy atom. The number of aryl methyl sites for hydroxylation is 1. The largest absolute Gasteiger partial charge is 0.478 e. The molecule has 0 fully saturated rings. The van der Waals surface area contributed by atoms with Crippen LogP contribution < -0.4 is 5.73 Å². The number of carbonyl (C=O) groups is 1. The standard InChI is InChI=1S/C10H10ClNO2.Es/c1-6-2-3-7(4-8(6)11)9(12)5-10(13)14;/h2-5H,12H2,1H3,(H,13,14);/b9-5-;. The van der Waals surface area contributed by atoms with E-state index in [-0.39, 0.29) is 5.70 Å².